The molecule has 1 aromatic carbocycles. The van der Waals surface area contributed by atoms with Crippen LogP contribution in [0.4, 0.5) is 0 Å². The van der Waals surface area contributed by atoms with Gasteiger partial charge in [-0.15, -0.1) is 0 Å². The number of esters is 1. The van der Waals surface area contributed by atoms with Gasteiger partial charge in [0.2, 0.25) is 10.0 Å². The third-order valence-electron chi connectivity index (χ3n) is 5.33. The van der Waals surface area contributed by atoms with E-state index in [0.717, 1.165) is 0 Å². The lowest BCUT2D eigenvalue weighted by Gasteiger charge is -2.23. The molecule has 0 bridgehead atoms. The highest BCUT2D eigenvalue weighted by molar-refractivity contribution is 7.89. The summed E-state index contributed by atoms with van der Waals surface area (Å²) in [5.41, 5.74) is 1.77. The van der Waals surface area contributed by atoms with Crippen LogP contribution >= 0.6 is 0 Å². The van der Waals surface area contributed by atoms with Crippen LogP contribution in [0.5, 0.6) is 5.75 Å². The van der Waals surface area contributed by atoms with Crippen molar-refractivity contribution < 1.29 is 27.5 Å². The zero-order chi connectivity index (χ0) is 24.2. The van der Waals surface area contributed by atoms with Crippen molar-refractivity contribution in [3.63, 3.8) is 0 Å². The van der Waals surface area contributed by atoms with E-state index < -0.39 is 16.0 Å². The minimum atomic E-state index is -3.92. The lowest BCUT2D eigenvalue weighted by atomic mass is 10.1. The van der Waals surface area contributed by atoms with Crippen LogP contribution in [0.15, 0.2) is 29.2 Å². The molecule has 0 amide bonds. The predicted molar refractivity (Wildman–Crippen MR) is 122 cm³/mol. The van der Waals surface area contributed by atoms with Crippen molar-refractivity contribution in [2.75, 3.05) is 27.3 Å². The monoisotopic (exact) mass is 464 g/mol. The number of benzene rings is 1. The Bertz CT molecular complexity index is 1080. The number of carbonyl (C=O) groups is 2. The van der Waals surface area contributed by atoms with E-state index in [-0.39, 0.29) is 29.7 Å². The minimum Gasteiger partial charge on any atom is -0.497 e. The Balaban J connectivity index is 2.49. The van der Waals surface area contributed by atoms with E-state index in [2.05, 4.69) is 0 Å². The Kier molecular flexibility index (Phi) is 8.25. The number of hydrogen-bond donors (Lipinski definition) is 0. The number of carbonyl (C=O) groups excluding carboxylic acids is 2. The maximum absolute atomic E-state index is 13.4. The molecule has 2 aromatic rings. The third kappa shape index (κ3) is 5.05. The number of ether oxygens (including phenoxy) is 2. The molecule has 0 aliphatic heterocycles. The smallest absolute Gasteiger partial charge is 0.354 e. The average Bonchev–Trinajstić information content (AvgIpc) is 3.01. The van der Waals surface area contributed by atoms with E-state index >= 15 is 0 Å². The van der Waals surface area contributed by atoms with Crippen molar-refractivity contribution >= 4 is 21.8 Å². The molecule has 0 aliphatic carbocycles. The van der Waals surface area contributed by atoms with Crippen LogP contribution in [-0.2, 0) is 21.3 Å². The van der Waals surface area contributed by atoms with Crippen LogP contribution in [0.3, 0.4) is 0 Å². The lowest BCUT2D eigenvalue weighted by Crippen LogP contribution is -2.38. The largest absolute Gasteiger partial charge is 0.497 e. The predicted octanol–water partition coefficient (Wildman–Crippen LogP) is 3.45. The molecule has 32 heavy (non-hydrogen) atoms. The molecule has 176 valence electrons. The van der Waals surface area contributed by atoms with Crippen molar-refractivity contribution in [1.29, 1.82) is 0 Å². The van der Waals surface area contributed by atoms with Gasteiger partial charge in [0, 0.05) is 24.3 Å². The number of rotatable bonds is 10. The summed E-state index contributed by atoms with van der Waals surface area (Å²) in [6, 6.07) is 6.07. The zero-order valence-electron chi connectivity index (χ0n) is 19.8. The van der Waals surface area contributed by atoms with Gasteiger partial charge in [0.25, 0.3) is 0 Å². The summed E-state index contributed by atoms with van der Waals surface area (Å²) in [6.07, 6.45) is 0. The second kappa shape index (κ2) is 10.3. The van der Waals surface area contributed by atoms with Crippen LogP contribution in [-0.4, -0.2) is 56.4 Å². The molecule has 0 spiro atoms. The Morgan fingerprint density at radius 1 is 1.09 bits per heavy atom. The number of hydrogen-bond acceptors (Lipinski definition) is 6. The lowest BCUT2D eigenvalue weighted by molar-refractivity contribution is 0.0587. The molecule has 8 nitrogen and oxygen atoms in total. The number of sulfonamides is 1. The Hall–Kier alpha value is -2.65. The molecular formula is C23H32N2O6S. The summed E-state index contributed by atoms with van der Waals surface area (Å²) in [7, 11) is -1.13. The first kappa shape index (κ1) is 25.6. The van der Waals surface area contributed by atoms with Crippen LogP contribution in [0.2, 0.25) is 0 Å². The molecule has 2 rings (SSSR count). The van der Waals surface area contributed by atoms with Gasteiger partial charge >= 0.3 is 5.97 Å². The van der Waals surface area contributed by atoms with Gasteiger partial charge in [0.1, 0.15) is 11.4 Å². The maximum Gasteiger partial charge on any atom is 0.354 e. The van der Waals surface area contributed by atoms with Gasteiger partial charge in [-0.25, -0.2) is 13.2 Å². The molecule has 9 heteroatoms. The van der Waals surface area contributed by atoms with Gasteiger partial charge in [-0.1, -0.05) is 13.8 Å². The summed E-state index contributed by atoms with van der Waals surface area (Å²) in [5.74, 6) is -0.353. The van der Waals surface area contributed by atoms with E-state index in [1.807, 2.05) is 20.8 Å². The fraction of sp³-hybridized carbons (Fsp3) is 0.478. The van der Waals surface area contributed by atoms with Crippen molar-refractivity contribution in [2.24, 2.45) is 5.92 Å². The molecule has 0 fully saturated rings. The zero-order valence-corrected chi connectivity index (χ0v) is 20.6. The van der Waals surface area contributed by atoms with Crippen LogP contribution in [0.1, 0.15) is 52.9 Å². The highest BCUT2D eigenvalue weighted by atomic mass is 32.2. The summed E-state index contributed by atoms with van der Waals surface area (Å²) in [5, 5.41) is 0. The molecule has 0 saturated carbocycles. The summed E-state index contributed by atoms with van der Waals surface area (Å²) in [6.45, 7) is 9.40. The second-order valence-corrected chi connectivity index (χ2v) is 9.90. The molecule has 0 N–H and O–H groups in total. The highest BCUT2D eigenvalue weighted by Gasteiger charge is 2.31. The quantitative estimate of drug-likeness (QED) is 0.395. The summed E-state index contributed by atoms with van der Waals surface area (Å²) in [4.78, 5) is 25.7. The fourth-order valence-corrected chi connectivity index (χ4v) is 5.41. The van der Waals surface area contributed by atoms with E-state index in [0.29, 0.717) is 34.8 Å². The summed E-state index contributed by atoms with van der Waals surface area (Å²) < 4.78 is 39.6. The van der Waals surface area contributed by atoms with E-state index in [9.17, 15) is 18.0 Å². The molecule has 0 radical (unpaired) electrons. The number of Topliss-reactive ketones (excluding diaryl/α,β-unsaturated/α-hetero) is 1. The number of methoxy groups -OCH3 is 2. The summed E-state index contributed by atoms with van der Waals surface area (Å²) >= 11 is 0. The van der Waals surface area contributed by atoms with Crippen molar-refractivity contribution in [3.05, 3.63) is 46.8 Å². The van der Waals surface area contributed by atoms with Gasteiger partial charge < -0.3 is 14.0 Å². The van der Waals surface area contributed by atoms with Gasteiger partial charge in [-0.05, 0) is 56.5 Å². The van der Waals surface area contributed by atoms with Gasteiger partial charge in [0.05, 0.1) is 25.7 Å². The number of ketones is 1. The molecule has 0 atom stereocenters. The number of aromatic nitrogens is 1. The van der Waals surface area contributed by atoms with Crippen molar-refractivity contribution in [1.82, 2.24) is 8.87 Å². The minimum absolute atomic E-state index is 0.00360. The van der Waals surface area contributed by atoms with Crippen molar-refractivity contribution in [2.45, 2.75) is 46.1 Å². The Morgan fingerprint density at radius 2 is 1.69 bits per heavy atom. The Morgan fingerprint density at radius 3 is 2.16 bits per heavy atom. The molecule has 0 saturated heterocycles. The fourth-order valence-electron chi connectivity index (χ4n) is 3.85. The molecule has 1 heterocycles. The SMILES string of the molecule is CCn1c(C)c(C(=O)CN(CC(C)C)S(=O)(=O)c2ccc(OC)cc2)c(C)c1C(=O)OC. The maximum atomic E-state index is 13.4. The van der Waals surface area contributed by atoms with E-state index in [1.54, 1.807) is 30.5 Å². The van der Waals surface area contributed by atoms with Gasteiger partial charge in [-0.3, -0.25) is 4.79 Å². The first-order valence-corrected chi connectivity index (χ1v) is 11.9. The first-order valence-electron chi connectivity index (χ1n) is 10.4. The topological polar surface area (TPSA) is 94.9 Å². The van der Waals surface area contributed by atoms with E-state index in [1.165, 1.54) is 30.7 Å². The van der Waals surface area contributed by atoms with Crippen LogP contribution in [0, 0.1) is 19.8 Å². The van der Waals surface area contributed by atoms with Crippen molar-refractivity contribution in [3.8, 4) is 5.75 Å². The molecule has 1 aromatic heterocycles. The highest BCUT2D eigenvalue weighted by Crippen LogP contribution is 2.26. The second-order valence-electron chi connectivity index (χ2n) is 7.96. The number of nitrogens with zero attached hydrogens (tertiary/aromatic N) is 2. The van der Waals surface area contributed by atoms with Gasteiger partial charge in [0.15, 0.2) is 5.78 Å². The molecular weight excluding hydrogens is 432 g/mol. The molecule has 0 aliphatic rings. The average molecular weight is 465 g/mol. The van der Waals surface area contributed by atoms with E-state index in [4.69, 9.17) is 9.47 Å². The first-order chi connectivity index (χ1) is 15.0. The standard InChI is InChI=1S/C23H32N2O6S/c1-8-25-17(5)21(16(4)22(25)23(27)31-7)20(26)14-24(13-15(2)3)32(28,29)19-11-9-18(30-6)10-12-19/h9-12,15H,8,13-14H2,1-7H3. The normalized spacial score (nSPS) is 11.8. The Labute approximate surface area is 190 Å². The van der Waals surface area contributed by atoms with Gasteiger partial charge in [-0.2, -0.15) is 4.31 Å². The van der Waals surface area contributed by atoms with Crippen LogP contribution < -0.4 is 4.74 Å². The molecule has 0 unspecified atom stereocenters. The third-order valence-corrected chi connectivity index (χ3v) is 7.15. The van der Waals surface area contributed by atoms with Crippen LogP contribution in [0.25, 0.3) is 0 Å².